The molecule has 0 radical (unpaired) electrons. The first-order valence-electron chi connectivity index (χ1n) is 7.88. The highest BCUT2D eigenvalue weighted by atomic mass is 16.6. The summed E-state index contributed by atoms with van der Waals surface area (Å²) in [4.78, 5) is 36.8. The van der Waals surface area contributed by atoms with E-state index < -0.39 is 34.6 Å². The maximum Gasteiger partial charge on any atom is 0.320 e. The number of nitro groups is 1. The maximum absolute atomic E-state index is 13.2. The van der Waals surface area contributed by atoms with E-state index in [1.807, 2.05) is 0 Å². The third kappa shape index (κ3) is 2.69. The smallest absolute Gasteiger partial charge is 0.320 e. The first kappa shape index (κ1) is 16.8. The van der Waals surface area contributed by atoms with Crippen LogP contribution in [0.15, 0.2) is 54.6 Å². The standard InChI is InChI=1S/C19H17NO5/c1-25-18(22)19(11-14-9-5-6-10-15(14)17(19)21)16(12-20(23)24)13-7-3-2-4-8-13/h2-10,16H,11-12H2,1H3. The molecule has 0 aliphatic heterocycles. The van der Waals surface area contributed by atoms with E-state index in [0.29, 0.717) is 16.7 Å². The van der Waals surface area contributed by atoms with Crippen molar-refractivity contribution in [2.45, 2.75) is 12.3 Å². The molecule has 0 bridgehead atoms. The number of fused-ring (bicyclic) bond motifs is 1. The fraction of sp³-hybridized carbons (Fsp3) is 0.263. The van der Waals surface area contributed by atoms with E-state index >= 15 is 0 Å². The predicted molar refractivity (Wildman–Crippen MR) is 90.0 cm³/mol. The van der Waals surface area contributed by atoms with Gasteiger partial charge in [0.15, 0.2) is 5.78 Å². The van der Waals surface area contributed by atoms with Gasteiger partial charge in [0, 0.05) is 10.5 Å². The van der Waals surface area contributed by atoms with Crippen molar-refractivity contribution in [1.29, 1.82) is 0 Å². The van der Waals surface area contributed by atoms with Crippen molar-refractivity contribution in [1.82, 2.24) is 0 Å². The van der Waals surface area contributed by atoms with Crippen molar-refractivity contribution in [3.05, 3.63) is 81.4 Å². The van der Waals surface area contributed by atoms with Gasteiger partial charge in [-0.2, -0.15) is 0 Å². The third-order valence-electron chi connectivity index (χ3n) is 4.81. The summed E-state index contributed by atoms with van der Waals surface area (Å²) >= 11 is 0. The number of hydrogen-bond acceptors (Lipinski definition) is 5. The Bertz CT molecular complexity index is 833. The summed E-state index contributed by atoms with van der Waals surface area (Å²) in [6.07, 6.45) is 0.0993. The molecule has 2 aromatic carbocycles. The molecule has 1 aliphatic rings. The van der Waals surface area contributed by atoms with Crippen LogP contribution in [0.25, 0.3) is 0 Å². The molecule has 0 fully saturated rings. The fourth-order valence-corrected chi connectivity index (χ4v) is 3.67. The number of hydrogen-bond donors (Lipinski definition) is 0. The third-order valence-corrected chi connectivity index (χ3v) is 4.81. The number of carbonyl (C=O) groups is 2. The van der Waals surface area contributed by atoms with Gasteiger partial charge < -0.3 is 4.74 Å². The summed E-state index contributed by atoms with van der Waals surface area (Å²) in [5, 5.41) is 11.3. The molecule has 0 N–H and O–H groups in total. The van der Waals surface area contributed by atoms with Gasteiger partial charge in [0.1, 0.15) is 5.41 Å². The monoisotopic (exact) mass is 339 g/mol. The van der Waals surface area contributed by atoms with Crippen LogP contribution < -0.4 is 0 Å². The molecule has 2 atom stereocenters. The number of esters is 1. The maximum atomic E-state index is 13.2. The number of rotatable bonds is 5. The first-order valence-corrected chi connectivity index (χ1v) is 7.88. The molecule has 0 heterocycles. The van der Waals surface area contributed by atoms with Crippen LogP contribution in [0.4, 0.5) is 0 Å². The number of methoxy groups -OCH3 is 1. The van der Waals surface area contributed by atoms with Gasteiger partial charge in [-0.1, -0.05) is 54.6 Å². The average Bonchev–Trinajstić information content (AvgIpc) is 2.93. The number of nitrogens with zero attached hydrogens (tertiary/aromatic N) is 1. The molecule has 0 saturated heterocycles. The fourth-order valence-electron chi connectivity index (χ4n) is 3.67. The van der Waals surface area contributed by atoms with E-state index in [9.17, 15) is 19.7 Å². The summed E-state index contributed by atoms with van der Waals surface area (Å²) in [6.45, 7) is -0.529. The number of Topliss-reactive ketones (excluding diaryl/α,β-unsaturated/α-hetero) is 1. The van der Waals surface area contributed by atoms with Gasteiger partial charge in [-0.3, -0.25) is 19.7 Å². The number of carbonyl (C=O) groups excluding carboxylic acids is 2. The van der Waals surface area contributed by atoms with Crippen LogP contribution in [0.2, 0.25) is 0 Å². The van der Waals surface area contributed by atoms with Crippen molar-refractivity contribution >= 4 is 11.8 Å². The second-order valence-corrected chi connectivity index (χ2v) is 6.10. The second-order valence-electron chi connectivity index (χ2n) is 6.10. The zero-order valence-corrected chi connectivity index (χ0v) is 13.7. The van der Waals surface area contributed by atoms with Crippen LogP contribution >= 0.6 is 0 Å². The van der Waals surface area contributed by atoms with Crippen molar-refractivity contribution < 1.29 is 19.2 Å². The van der Waals surface area contributed by atoms with E-state index in [1.54, 1.807) is 54.6 Å². The molecule has 0 aromatic heterocycles. The average molecular weight is 339 g/mol. The molecular formula is C19H17NO5. The Morgan fingerprint density at radius 1 is 1.20 bits per heavy atom. The Balaban J connectivity index is 2.19. The van der Waals surface area contributed by atoms with Gasteiger partial charge in [-0.05, 0) is 17.5 Å². The van der Waals surface area contributed by atoms with Crippen LogP contribution in [-0.4, -0.2) is 30.3 Å². The zero-order chi connectivity index (χ0) is 18.0. The lowest BCUT2D eigenvalue weighted by Gasteiger charge is -2.31. The highest BCUT2D eigenvalue weighted by Gasteiger charge is 2.59. The van der Waals surface area contributed by atoms with Gasteiger partial charge in [-0.15, -0.1) is 0 Å². The Labute approximate surface area is 144 Å². The molecule has 0 saturated carbocycles. The number of ketones is 1. The minimum absolute atomic E-state index is 0.0993. The topological polar surface area (TPSA) is 86.5 Å². The predicted octanol–water partition coefficient (Wildman–Crippen LogP) is 2.65. The molecule has 0 amide bonds. The van der Waals surface area contributed by atoms with Crippen molar-refractivity contribution in [2.24, 2.45) is 5.41 Å². The second kappa shape index (κ2) is 6.47. The molecule has 6 heteroatoms. The Hall–Kier alpha value is -3.02. The summed E-state index contributed by atoms with van der Waals surface area (Å²) in [5.41, 5.74) is 0.0949. The largest absolute Gasteiger partial charge is 0.468 e. The summed E-state index contributed by atoms with van der Waals surface area (Å²) < 4.78 is 4.94. The van der Waals surface area contributed by atoms with Crippen LogP contribution in [0.3, 0.4) is 0 Å². The molecule has 128 valence electrons. The number of benzene rings is 2. The zero-order valence-electron chi connectivity index (χ0n) is 13.7. The van der Waals surface area contributed by atoms with E-state index in [1.165, 1.54) is 7.11 Å². The van der Waals surface area contributed by atoms with Gasteiger partial charge >= 0.3 is 5.97 Å². The van der Waals surface area contributed by atoms with E-state index in [2.05, 4.69) is 0 Å². The van der Waals surface area contributed by atoms with Gasteiger partial charge in [0.2, 0.25) is 6.54 Å². The van der Waals surface area contributed by atoms with Crippen LogP contribution in [0.1, 0.15) is 27.4 Å². The highest BCUT2D eigenvalue weighted by Crippen LogP contribution is 2.48. The Morgan fingerprint density at radius 2 is 1.84 bits per heavy atom. The van der Waals surface area contributed by atoms with Gasteiger partial charge in [0.25, 0.3) is 0 Å². The number of ether oxygens (including phenoxy) is 1. The van der Waals surface area contributed by atoms with Crippen LogP contribution in [0.5, 0.6) is 0 Å². The SMILES string of the molecule is COC(=O)C1(C(C[N+](=O)[O-])c2ccccc2)Cc2ccccc2C1=O. The Kier molecular flexibility index (Phi) is 4.35. The summed E-state index contributed by atoms with van der Waals surface area (Å²) in [5.74, 6) is -2.05. The highest BCUT2D eigenvalue weighted by molar-refractivity contribution is 6.16. The van der Waals surface area contributed by atoms with Gasteiger partial charge in [0.05, 0.1) is 13.0 Å². The van der Waals surface area contributed by atoms with Crippen LogP contribution in [0, 0.1) is 15.5 Å². The van der Waals surface area contributed by atoms with E-state index in [4.69, 9.17) is 4.74 Å². The minimum atomic E-state index is -1.62. The lowest BCUT2D eigenvalue weighted by Crippen LogP contribution is -2.46. The minimum Gasteiger partial charge on any atom is -0.468 e. The summed E-state index contributed by atoms with van der Waals surface area (Å²) in [7, 11) is 1.20. The molecule has 0 spiro atoms. The molecule has 2 aromatic rings. The lowest BCUT2D eigenvalue weighted by atomic mass is 9.69. The first-order chi connectivity index (χ1) is 12.0. The molecule has 2 unspecified atom stereocenters. The van der Waals surface area contributed by atoms with Crippen molar-refractivity contribution in [3.63, 3.8) is 0 Å². The summed E-state index contributed by atoms with van der Waals surface area (Å²) in [6, 6.07) is 15.6. The van der Waals surface area contributed by atoms with E-state index in [0.717, 1.165) is 0 Å². The normalized spacial score (nSPS) is 20.0. The Morgan fingerprint density at radius 3 is 2.44 bits per heavy atom. The van der Waals surface area contributed by atoms with Crippen LogP contribution in [-0.2, 0) is 16.0 Å². The molecule has 25 heavy (non-hydrogen) atoms. The van der Waals surface area contributed by atoms with E-state index in [-0.39, 0.29) is 6.42 Å². The van der Waals surface area contributed by atoms with Crippen molar-refractivity contribution in [2.75, 3.05) is 13.7 Å². The molecule has 3 rings (SSSR count). The quantitative estimate of drug-likeness (QED) is 0.362. The van der Waals surface area contributed by atoms with Gasteiger partial charge in [-0.25, -0.2) is 0 Å². The molecule has 6 nitrogen and oxygen atoms in total. The van der Waals surface area contributed by atoms with Crippen molar-refractivity contribution in [3.8, 4) is 0 Å². The lowest BCUT2D eigenvalue weighted by molar-refractivity contribution is -0.485. The molecule has 1 aliphatic carbocycles. The molecular weight excluding hydrogens is 322 g/mol.